The van der Waals surface area contributed by atoms with Crippen molar-refractivity contribution >= 4 is 38.0 Å². The predicted molar refractivity (Wildman–Crippen MR) is 125 cm³/mol. The zero-order valence-electron chi connectivity index (χ0n) is 19.6. The molecule has 0 heterocycles. The number of rotatable bonds is 12. The molecular weight excluding hydrogens is 471 g/mol. The fourth-order valence-corrected chi connectivity index (χ4v) is 28.1. The van der Waals surface area contributed by atoms with Crippen molar-refractivity contribution in [2.24, 2.45) is 0 Å². The monoisotopic (exact) mass is 514 g/mol. The molecule has 0 fully saturated rings. The minimum atomic E-state index is -3.03. The van der Waals surface area contributed by atoms with Gasteiger partial charge in [-0.2, -0.15) is 0 Å². The summed E-state index contributed by atoms with van der Waals surface area (Å²) in [5, 5.41) is 0.916. The van der Waals surface area contributed by atoms with E-state index in [1.165, 1.54) is 39.7 Å². The van der Waals surface area contributed by atoms with Crippen LogP contribution in [0.5, 0.6) is 0 Å². The van der Waals surface area contributed by atoms with Gasteiger partial charge in [-0.3, -0.25) is 0 Å². The number of carbonyl (C=O) groups is 2. The Labute approximate surface area is 178 Å². The van der Waals surface area contributed by atoms with Gasteiger partial charge in [-0.1, -0.05) is 0 Å². The van der Waals surface area contributed by atoms with Gasteiger partial charge in [-0.15, -0.1) is 0 Å². The molecule has 0 spiro atoms. The Hall–Kier alpha value is -0.364. The van der Waals surface area contributed by atoms with Gasteiger partial charge in [0.25, 0.3) is 0 Å². The van der Waals surface area contributed by atoms with E-state index in [4.69, 9.17) is 4.74 Å². The summed E-state index contributed by atoms with van der Waals surface area (Å²) < 4.78 is 10.1. The Morgan fingerprint density at radius 1 is 0.821 bits per heavy atom. The van der Waals surface area contributed by atoms with Gasteiger partial charge in [0.15, 0.2) is 0 Å². The number of ether oxygens (including phenoxy) is 1. The standard InChI is InChI=1S/C11H15O3Si.3C4H9.Sn/c1-7-8(12)6-9(15(3,4)5)10(13)11(7)14-2;3*1-3-4-2;/h1-5H3;3*1,3-4H2,2H3;. The van der Waals surface area contributed by atoms with Crippen molar-refractivity contribution in [3.63, 3.8) is 0 Å². The van der Waals surface area contributed by atoms with Crippen LogP contribution in [0, 0.1) is 0 Å². The summed E-state index contributed by atoms with van der Waals surface area (Å²) in [4.78, 5) is 27.3. The zero-order chi connectivity index (χ0) is 21.5. The fraction of sp³-hybridized carbons (Fsp3) is 0.739. The van der Waals surface area contributed by atoms with Gasteiger partial charge in [0, 0.05) is 0 Å². The summed E-state index contributed by atoms with van der Waals surface area (Å²) in [6, 6.07) is 0. The molecule has 0 saturated heterocycles. The van der Waals surface area contributed by atoms with Crippen LogP contribution in [-0.4, -0.2) is 45.1 Å². The maximum atomic E-state index is 13.8. The SMILES string of the molecule is CCC[CH2][Sn]([CH2]CCC)([CH2]CCC)[C]1=C([Si](C)(C)C)C(=O)C(OC)=C(C)C1=O. The van der Waals surface area contributed by atoms with Gasteiger partial charge in [0.1, 0.15) is 0 Å². The van der Waals surface area contributed by atoms with Crippen molar-refractivity contribution in [3.8, 4) is 0 Å². The van der Waals surface area contributed by atoms with Gasteiger partial charge < -0.3 is 0 Å². The second kappa shape index (κ2) is 11.1. The Morgan fingerprint density at radius 3 is 1.57 bits per heavy atom. The molecule has 5 heteroatoms. The average Bonchev–Trinajstić information content (AvgIpc) is 2.64. The fourth-order valence-electron chi connectivity index (χ4n) is 4.56. The molecule has 0 amide bonds. The van der Waals surface area contributed by atoms with E-state index in [2.05, 4.69) is 40.4 Å². The molecule has 0 aromatic carbocycles. The summed E-state index contributed by atoms with van der Waals surface area (Å²) in [6.45, 7) is 15.2. The summed E-state index contributed by atoms with van der Waals surface area (Å²) in [5.41, 5.74) is 0.551. The third-order valence-corrected chi connectivity index (χ3v) is 24.4. The van der Waals surface area contributed by atoms with E-state index in [-0.39, 0.29) is 11.6 Å². The molecule has 0 unspecified atom stereocenters. The molecule has 1 aliphatic carbocycles. The topological polar surface area (TPSA) is 43.4 Å². The molecule has 0 aromatic rings. The van der Waals surface area contributed by atoms with E-state index in [0.29, 0.717) is 11.3 Å². The molecule has 0 N–H and O–H groups in total. The minimum absolute atomic E-state index is 0.0272. The first-order chi connectivity index (χ1) is 13.1. The van der Waals surface area contributed by atoms with Crippen molar-refractivity contribution in [3.05, 3.63) is 20.1 Å². The normalized spacial score (nSPS) is 16.3. The third-order valence-electron chi connectivity index (χ3n) is 6.10. The molecule has 0 aromatic heterocycles. The van der Waals surface area contributed by atoms with Crippen molar-refractivity contribution < 1.29 is 14.3 Å². The van der Waals surface area contributed by atoms with Gasteiger partial charge in [0.05, 0.1) is 0 Å². The quantitative estimate of drug-likeness (QED) is 0.218. The molecule has 1 rings (SSSR count). The molecule has 0 radical (unpaired) electrons. The molecule has 1 aliphatic rings. The van der Waals surface area contributed by atoms with Crippen LogP contribution < -0.4 is 0 Å². The van der Waals surface area contributed by atoms with E-state index < -0.39 is 26.5 Å². The van der Waals surface area contributed by atoms with Crippen LogP contribution in [0.4, 0.5) is 0 Å². The summed E-state index contributed by atoms with van der Waals surface area (Å²) in [5.74, 6) is 0.486. The molecule has 3 nitrogen and oxygen atoms in total. The van der Waals surface area contributed by atoms with Gasteiger partial charge in [-0.25, -0.2) is 0 Å². The van der Waals surface area contributed by atoms with E-state index in [0.717, 1.165) is 28.0 Å². The first kappa shape index (κ1) is 25.7. The van der Waals surface area contributed by atoms with Crippen LogP contribution in [-0.2, 0) is 14.3 Å². The van der Waals surface area contributed by atoms with Crippen LogP contribution in [0.25, 0.3) is 0 Å². The van der Waals surface area contributed by atoms with E-state index in [1.807, 2.05) is 0 Å². The molecule has 0 saturated carbocycles. The molecule has 0 atom stereocenters. The van der Waals surface area contributed by atoms with Crippen LogP contribution in [0.1, 0.15) is 66.2 Å². The van der Waals surface area contributed by atoms with Crippen molar-refractivity contribution in [1.29, 1.82) is 0 Å². The number of hydrogen-bond donors (Lipinski definition) is 0. The number of unbranched alkanes of at least 4 members (excludes halogenated alkanes) is 3. The summed E-state index contributed by atoms with van der Waals surface area (Å²) >= 11 is -3.03. The van der Waals surface area contributed by atoms with Gasteiger partial charge in [-0.05, 0) is 0 Å². The predicted octanol–water partition coefficient (Wildman–Crippen LogP) is 6.62. The molecule has 0 bridgehead atoms. The summed E-state index contributed by atoms with van der Waals surface area (Å²) in [7, 11) is -0.465. The Bertz CT molecular complexity index is 619. The molecule has 28 heavy (non-hydrogen) atoms. The van der Waals surface area contributed by atoms with Gasteiger partial charge in [0.2, 0.25) is 0 Å². The van der Waals surface area contributed by atoms with Crippen LogP contribution >= 0.6 is 0 Å². The first-order valence-corrected chi connectivity index (χ1v) is 22.2. The molecule has 0 aliphatic heterocycles. The van der Waals surface area contributed by atoms with Crippen LogP contribution in [0.15, 0.2) is 20.1 Å². The van der Waals surface area contributed by atoms with E-state index in [1.54, 1.807) is 6.92 Å². The van der Waals surface area contributed by atoms with Crippen LogP contribution in [0.2, 0.25) is 33.0 Å². The second-order valence-electron chi connectivity index (χ2n) is 9.41. The van der Waals surface area contributed by atoms with E-state index >= 15 is 0 Å². The molecule has 160 valence electrons. The Morgan fingerprint density at radius 2 is 1.25 bits per heavy atom. The Kier molecular flexibility index (Phi) is 10.2. The number of carbonyl (C=O) groups excluding carboxylic acids is 2. The van der Waals surface area contributed by atoms with E-state index in [9.17, 15) is 9.59 Å². The first-order valence-electron chi connectivity index (χ1n) is 11.2. The Balaban J connectivity index is 3.79. The van der Waals surface area contributed by atoms with Crippen molar-refractivity contribution in [2.45, 2.75) is 99.2 Å². The third kappa shape index (κ3) is 5.62. The van der Waals surface area contributed by atoms with Gasteiger partial charge >= 0.3 is 179 Å². The van der Waals surface area contributed by atoms with Crippen LogP contribution in [0.3, 0.4) is 0 Å². The number of Topliss-reactive ketones (excluding diaryl/α,β-unsaturated/α-hetero) is 2. The average molecular weight is 513 g/mol. The number of allylic oxidation sites excluding steroid dienone is 3. The van der Waals surface area contributed by atoms with Crippen molar-refractivity contribution in [2.75, 3.05) is 7.11 Å². The van der Waals surface area contributed by atoms with Crippen molar-refractivity contribution in [1.82, 2.24) is 0 Å². The number of hydrogen-bond acceptors (Lipinski definition) is 3. The second-order valence-corrected chi connectivity index (χ2v) is 27.4. The summed E-state index contributed by atoms with van der Waals surface area (Å²) in [6.07, 6.45) is 7.04. The zero-order valence-corrected chi connectivity index (χ0v) is 23.4. The maximum absolute atomic E-state index is 13.8. The molecular formula is C23H42O3SiSn. The number of ketones is 2. The number of methoxy groups -OCH3 is 1.